The summed E-state index contributed by atoms with van der Waals surface area (Å²) in [5.74, 6) is -1.05. The maximum absolute atomic E-state index is 13.4. The molecule has 0 aliphatic heterocycles. The van der Waals surface area contributed by atoms with Crippen LogP contribution in [0.4, 0.5) is 14.7 Å². The lowest BCUT2D eigenvalue weighted by Gasteiger charge is -2.02. The Labute approximate surface area is 124 Å². The van der Waals surface area contributed by atoms with Crippen LogP contribution < -0.4 is 10.0 Å². The average molecular weight is 330 g/mol. The number of anilines is 2. The molecule has 0 spiro atoms. The van der Waals surface area contributed by atoms with Crippen LogP contribution in [0, 0.1) is 12.7 Å². The van der Waals surface area contributed by atoms with Gasteiger partial charge in [-0.05, 0) is 24.6 Å². The zero-order chi connectivity index (χ0) is 15.6. The molecule has 0 bridgehead atoms. The molecule has 0 radical (unpaired) electrons. The second kappa shape index (κ2) is 5.74. The molecule has 1 aromatic carbocycles. The highest BCUT2D eigenvalue weighted by Gasteiger charge is 2.13. The van der Waals surface area contributed by atoms with Crippen LogP contribution in [0.3, 0.4) is 0 Å². The van der Waals surface area contributed by atoms with Crippen molar-refractivity contribution >= 4 is 37.5 Å². The molecule has 1 aromatic heterocycles. The van der Waals surface area contributed by atoms with Gasteiger partial charge in [0.1, 0.15) is 5.82 Å². The monoisotopic (exact) mass is 330 g/mol. The van der Waals surface area contributed by atoms with E-state index in [0.29, 0.717) is 5.56 Å². The van der Waals surface area contributed by atoms with Gasteiger partial charge < -0.3 is 0 Å². The van der Waals surface area contributed by atoms with Crippen molar-refractivity contribution in [3.63, 3.8) is 0 Å². The summed E-state index contributed by atoms with van der Waals surface area (Å²) in [6.45, 7) is 1.59. The Hall–Kier alpha value is -2.07. The van der Waals surface area contributed by atoms with Gasteiger partial charge in [-0.25, -0.2) is 12.8 Å². The van der Waals surface area contributed by atoms with Gasteiger partial charge in [-0.2, -0.15) is 0 Å². The van der Waals surface area contributed by atoms with E-state index >= 15 is 0 Å². The first kappa shape index (κ1) is 15.3. The molecule has 2 aromatic rings. The number of rotatable bonds is 4. The van der Waals surface area contributed by atoms with E-state index in [1.807, 2.05) is 0 Å². The zero-order valence-electron chi connectivity index (χ0n) is 11.0. The first-order valence-corrected chi connectivity index (χ1v) is 8.34. The van der Waals surface area contributed by atoms with Crippen molar-refractivity contribution in [2.45, 2.75) is 6.92 Å². The Balaban J connectivity index is 2.11. The number of nitrogens with zero attached hydrogens (tertiary/aromatic N) is 2. The van der Waals surface area contributed by atoms with Gasteiger partial charge in [0.15, 0.2) is 0 Å². The van der Waals surface area contributed by atoms with Crippen LogP contribution in [0.2, 0.25) is 0 Å². The topological polar surface area (TPSA) is 101 Å². The van der Waals surface area contributed by atoms with Crippen LogP contribution in [0.1, 0.15) is 15.9 Å². The van der Waals surface area contributed by atoms with E-state index in [0.717, 1.165) is 23.7 Å². The second-order valence-corrected chi connectivity index (χ2v) is 6.93. The minimum absolute atomic E-state index is 0.0305. The standard InChI is InChI=1S/C11H11FN4O3S2/c1-6-3-4-7(5-8(6)12)9(17)13-10-14-15-11(20-10)16-21(2,18)19/h3-5H,1-2H3,(H,15,16)(H,13,14,17). The van der Waals surface area contributed by atoms with E-state index in [4.69, 9.17) is 0 Å². The maximum atomic E-state index is 13.4. The van der Waals surface area contributed by atoms with Crippen LogP contribution in [0.25, 0.3) is 0 Å². The number of benzene rings is 1. The lowest BCUT2D eigenvalue weighted by molar-refractivity contribution is 0.102. The van der Waals surface area contributed by atoms with Gasteiger partial charge in [0.05, 0.1) is 6.26 Å². The molecule has 0 aliphatic carbocycles. The van der Waals surface area contributed by atoms with Crippen LogP contribution in [0.15, 0.2) is 18.2 Å². The van der Waals surface area contributed by atoms with Crippen LogP contribution in [-0.2, 0) is 10.0 Å². The van der Waals surface area contributed by atoms with Crippen LogP contribution in [-0.4, -0.2) is 30.8 Å². The molecular weight excluding hydrogens is 319 g/mol. The lowest BCUT2D eigenvalue weighted by Crippen LogP contribution is -2.12. The highest BCUT2D eigenvalue weighted by atomic mass is 32.2. The van der Waals surface area contributed by atoms with Gasteiger partial charge in [-0.1, -0.05) is 17.4 Å². The normalized spacial score (nSPS) is 11.2. The predicted octanol–water partition coefficient (Wildman–Crippen LogP) is 1.61. The molecule has 21 heavy (non-hydrogen) atoms. The number of carbonyl (C=O) groups is 1. The number of hydrogen-bond donors (Lipinski definition) is 2. The molecule has 7 nitrogen and oxygen atoms in total. The van der Waals surface area contributed by atoms with Crippen molar-refractivity contribution in [2.75, 3.05) is 16.3 Å². The third-order valence-electron chi connectivity index (χ3n) is 2.35. The third-order valence-corrected chi connectivity index (χ3v) is 3.80. The molecule has 0 unspecified atom stereocenters. The lowest BCUT2D eigenvalue weighted by atomic mass is 10.1. The molecule has 2 rings (SSSR count). The van der Waals surface area contributed by atoms with Crippen molar-refractivity contribution in [3.8, 4) is 0 Å². The molecular formula is C11H11FN4O3S2. The second-order valence-electron chi connectivity index (χ2n) is 4.20. The fourth-order valence-corrected chi connectivity index (χ4v) is 2.85. The Morgan fingerprint density at radius 2 is 1.95 bits per heavy atom. The Kier molecular flexibility index (Phi) is 4.19. The van der Waals surface area contributed by atoms with E-state index in [1.54, 1.807) is 6.92 Å². The van der Waals surface area contributed by atoms with Crippen molar-refractivity contribution in [2.24, 2.45) is 0 Å². The molecule has 112 valence electrons. The third kappa shape index (κ3) is 4.20. The summed E-state index contributed by atoms with van der Waals surface area (Å²) in [6.07, 6.45) is 0.974. The number of nitrogens with one attached hydrogen (secondary N) is 2. The molecule has 0 atom stereocenters. The molecule has 2 N–H and O–H groups in total. The summed E-state index contributed by atoms with van der Waals surface area (Å²) in [5.41, 5.74) is 0.563. The molecule has 0 fully saturated rings. The van der Waals surface area contributed by atoms with Gasteiger partial charge in [0.25, 0.3) is 5.91 Å². The number of aryl methyl sites for hydroxylation is 1. The summed E-state index contributed by atoms with van der Waals surface area (Å²) >= 11 is 0.852. The average Bonchev–Trinajstić information content (AvgIpc) is 2.77. The zero-order valence-corrected chi connectivity index (χ0v) is 12.7. The van der Waals surface area contributed by atoms with Crippen molar-refractivity contribution in [1.29, 1.82) is 0 Å². The fourth-order valence-electron chi connectivity index (χ4n) is 1.38. The number of halogens is 1. The number of hydrogen-bond acceptors (Lipinski definition) is 6. The number of amides is 1. The first-order chi connectivity index (χ1) is 9.74. The molecule has 1 heterocycles. The van der Waals surface area contributed by atoms with Crippen LogP contribution >= 0.6 is 11.3 Å². The SMILES string of the molecule is Cc1ccc(C(=O)Nc2nnc(NS(C)(=O)=O)s2)cc1F. The number of carbonyl (C=O) groups excluding carboxylic acids is 1. The van der Waals surface area contributed by atoms with E-state index in [1.165, 1.54) is 12.1 Å². The Morgan fingerprint density at radius 1 is 1.29 bits per heavy atom. The smallest absolute Gasteiger partial charge is 0.257 e. The summed E-state index contributed by atoms with van der Waals surface area (Å²) in [4.78, 5) is 11.9. The van der Waals surface area contributed by atoms with Crippen molar-refractivity contribution in [1.82, 2.24) is 10.2 Å². The van der Waals surface area contributed by atoms with E-state index in [9.17, 15) is 17.6 Å². The highest BCUT2D eigenvalue weighted by molar-refractivity contribution is 7.92. The van der Waals surface area contributed by atoms with Gasteiger partial charge in [0, 0.05) is 5.56 Å². The number of sulfonamides is 1. The van der Waals surface area contributed by atoms with Gasteiger partial charge in [-0.3, -0.25) is 14.8 Å². The van der Waals surface area contributed by atoms with Gasteiger partial charge in [-0.15, -0.1) is 10.2 Å². The fraction of sp³-hybridized carbons (Fsp3) is 0.182. The summed E-state index contributed by atoms with van der Waals surface area (Å²) in [7, 11) is -3.46. The molecule has 0 saturated carbocycles. The quantitative estimate of drug-likeness (QED) is 0.887. The van der Waals surface area contributed by atoms with Crippen molar-refractivity contribution in [3.05, 3.63) is 35.1 Å². The first-order valence-electron chi connectivity index (χ1n) is 5.63. The van der Waals surface area contributed by atoms with E-state index < -0.39 is 21.7 Å². The minimum atomic E-state index is -3.46. The van der Waals surface area contributed by atoms with Gasteiger partial charge >= 0.3 is 0 Å². The Morgan fingerprint density at radius 3 is 2.57 bits per heavy atom. The van der Waals surface area contributed by atoms with Crippen LogP contribution in [0.5, 0.6) is 0 Å². The molecule has 10 heteroatoms. The summed E-state index contributed by atoms with van der Waals surface area (Å²) in [5, 5.41) is 9.74. The molecule has 0 saturated heterocycles. The van der Waals surface area contributed by atoms with E-state index in [-0.39, 0.29) is 15.8 Å². The summed E-state index contributed by atoms with van der Waals surface area (Å²) in [6, 6.07) is 4.08. The predicted molar refractivity (Wildman–Crippen MR) is 77.5 cm³/mol. The summed E-state index contributed by atoms with van der Waals surface area (Å²) < 4.78 is 37.6. The number of aromatic nitrogens is 2. The molecule has 1 amide bonds. The molecule has 0 aliphatic rings. The minimum Gasteiger partial charge on any atom is -0.296 e. The van der Waals surface area contributed by atoms with E-state index in [2.05, 4.69) is 20.2 Å². The Bertz CT molecular complexity index is 789. The van der Waals surface area contributed by atoms with Crippen molar-refractivity contribution < 1.29 is 17.6 Å². The largest absolute Gasteiger partial charge is 0.296 e. The van der Waals surface area contributed by atoms with Gasteiger partial charge in [0.2, 0.25) is 20.3 Å². The maximum Gasteiger partial charge on any atom is 0.257 e. The highest BCUT2D eigenvalue weighted by Crippen LogP contribution is 2.21.